The molecule has 1 N–H and O–H groups in total. The highest BCUT2D eigenvalue weighted by atomic mass is 16.1. The molecule has 116 valence electrons. The molecule has 2 aromatic heterocycles. The number of rotatable bonds is 4. The van der Waals surface area contributed by atoms with E-state index in [2.05, 4.69) is 28.3 Å². The number of pyridine rings is 1. The van der Waals surface area contributed by atoms with Crippen molar-refractivity contribution in [3.05, 3.63) is 60.7 Å². The summed E-state index contributed by atoms with van der Waals surface area (Å²) in [5.41, 5.74) is 3.91. The summed E-state index contributed by atoms with van der Waals surface area (Å²) in [6.45, 7) is 3.59. The molecule has 0 saturated heterocycles. The number of amides is 1. The van der Waals surface area contributed by atoms with Gasteiger partial charge in [-0.05, 0) is 42.3 Å². The average Bonchev–Trinajstić information content (AvgIpc) is 3.05. The fourth-order valence-electron chi connectivity index (χ4n) is 2.55. The monoisotopic (exact) mass is 306 g/mol. The number of hydrogen-bond donors (Lipinski definition) is 1. The van der Waals surface area contributed by atoms with Gasteiger partial charge in [-0.1, -0.05) is 6.92 Å². The molecule has 3 rings (SSSR count). The third-order valence-electron chi connectivity index (χ3n) is 3.62. The van der Waals surface area contributed by atoms with Crippen LogP contribution in [0.1, 0.15) is 19.4 Å². The molecule has 0 bridgehead atoms. The minimum atomic E-state index is -0.0638. The van der Waals surface area contributed by atoms with E-state index >= 15 is 0 Å². The van der Waals surface area contributed by atoms with Crippen molar-refractivity contribution in [2.24, 2.45) is 0 Å². The number of hydrogen-bond acceptors (Lipinski definition) is 3. The first kappa shape index (κ1) is 15.0. The van der Waals surface area contributed by atoms with Gasteiger partial charge >= 0.3 is 0 Å². The normalized spacial score (nSPS) is 10.5. The summed E-state index contributed by atoms with van der Waals surface area (Å²) < 4.78 is 2.02. The number of nitrogens with one attached hydrogen (secondary N) is 1. The fourth-order valence-corrected chi connectivity index (χ4v) is 2.55. The molecule has 5 nitrogen and oxygen atoms in total. The van der Waals surface area contributed by atoms with Crippen LogP contribution >= 0.6 is 0 Å². The Labute approximate surface area is 135 Å². The van der Waals surface area contributed by atoms with Gasteiger partial charge in [-0.25, -0.2) is 4.98 Å². The Morgan fingerprint density at radius 3 is 2.83 bits per heavy atom. The first-order valence-corrected chi connectivity index (χ1v) is 7.53. The molecule has 0 atom stereocenters. The van der Waals surface area contributed by atoms with E-state index in [1.807, 2.05) is 35.0 Å². The number of anilines is 1. The average molecular weight is 306 g/mol. The zero-order valence-electron chi connectivity index (χ0n) is 13.2. The lowest BCUT2D eigenvalue weighted by molar-refractivity contribution is -0.114. The first-order chi connectivity index (χ1) is 11.2. The van der Waals surface area contributed by atoms with Crippen LogP contribution in [0, 0.1) is 0 Å². The summed E-state index contributed by atoms with van der Waals surface area (Å²) >= 11 is 0. The zero-order valence-corrected chi connectivity index (χ0v) is 13.2. The Balaban J connectivity index is 2.03. The van der Waals surface area contributed by atoms with E-state index < -0.39 is 0 Å². The lowest BCUT2D eigenvalue weighted by Gasteiger charge is -2.13. The summed E-state index contributed by atoms with van der Waals surface area (Å²) in [5.74, 6) is 0.776. The van der Waals surface area contributed by atoms with E-state index in [0.29, 0.717) is 0 Å². The van der Waals surface area contributed by atoms with Crippen LogP contribution in [-0.4, -0.2) is 20.4 Å². The van der Waals surface area contributed by atoms with E-state index in [1.54, 1.807) is 18.6 Å². The fraction of sp³-hybridized carbons (Fsp3) is 0.167. The molecule has 0 radical (unpaired) electrons. The smallest absolute Gasteiger partial charge is 0.221 e. The maximum atomic E-state index is 11.3. The number of aromatic nitrogens is 3. The van der Waals surface area contributed by atoms with Crippen molar-refractivity contribution >= 4 is 11.6 Å². The van der Waals surface area contributed by atoms with E-state index in [0.717, 1.165) is 34.7 Å². The van der Waals surface area contributed by atoms with Crippen molar-refractivity contribution < 1.29 is 4.79 Å². The highest BCUT2D eigenvalue weighted by Crippen LogP contribution is 2.25. The van der Waals surface area contributed by atoms with Crippen LogP contribution in [-0.2, 0) is 11.2 Å². The Morgan fingerprint density at radius 2 is 2.13 bits per heavy atom. The SMILES string of the molecule is CCc1cc(-n2ccnc2-c2cccnc2)ccc1NC(C)=O. The molecule has 1 aromatic carbocycles. The number of benzene rings is 1. The molecule has 23 heavy (non-hydrogen) atoms. The van der Waals surface area contributed by atoms with Crippen LogP contribution in [0.4, 0.5) is 5.69 Å². The van der Waals surface area contributed by atoms with Gasteiger partial charge in [0.15, 0.2) is 0 Å². The minimum Gasteiger partial charge on any atom is -0.326 e. The van der Waals surface area contributed by atoms with Crippen molar-refractivity contribution in [3.63, 3.8) is 0 Å². The molecule has 0 aliphatic heterocycles. The molecule has 5 heteroatoms. The largest absolute Gasteiger partial charge is 0.326 e. The number of nitrogens with zero attached hydrogens (tertiary/aromatic N) is 3. The summed E-state index contributed by atoms with van der Waals surface area (Å²) in [7, 11) is 0. The van der Waals surface area contributed by atoms with Gasteiger partial charge < -0.3 is 5.32 Å². The van der Waals surface area contributed by atoms with Crippen LogP contribution in [0.15, 0.2) is 55.1 Å². The lowest BCUT2D eigenvalue weighted by atomic mass is 10.1. The molecular formula is C18H18N4O. The summed E-state index contributed by atoms with van der Waals surface area (Å²) in [5, 5.41) is 2.87. The summed E-state index contributed by atoms with van der Waals surface area (Å²) in [6, 6.07) is 9.87. The first-order valence-electron chi connectivity index (χ1n) is 7.53. The van der Waals surface area contributed by atoms with Crippen LogP contribution in [0.5, 0.6) is 0 Å². The van der Waals surface area contributed by atoms with Crippen LogP contribution in [0.3, 0.4) is 0 Å². The Bertz CT molecular complexity index is 824. The Morgan fingerprint density at radius 1 is 1.26 bits per heavy atom. The third kappa shape index (κ3) is 3.13. The molecular weight excluding hydrogens is 288 g/mol. The molecule has 0 fully saturated rings. The predicted molar refractivity (Wildman–Crippen MR) is 90.5 cm³/mol. The second kappa shape index (κ2) is 6.44. The molecule has 1 amide bonds. The van der Waals surface area contributed by atoms with Crippen molar-refractivity contribution in [1.82, 2.24) is 14.5 Å². The quantitative estimate of drug-likeness (QED) is 0.803. The van der Waals surface area contributed by atoms with E-state index in [-0.39, 0.29) is 5.91 Å². The molecule has 0 spiro atoms. The molecule has 0 saturated carbocycles. The van der Waals surface area contributed by atoms with Crippen LogP contribution < -0.4 is 5.32 Å². The van der Waals surface area contributed by atoms with Gasteiger partial charge in [0.25, 0.3) is 0 Å². The number of imidazole rings is 1. The van der Waals surface area contributed by atoms with Crippen LogP contribution in [0.25, 0.3) is 17.1 Å². The van der Waals surface area contributed by atoms with Crippen molar-refractivity contribution in [3.8, 4) is 17.1 Å². The summed E-state index contributed by atoms with van der Waals surface area (Å²) in [6.07, 6.45) is 8.07. The maximum Gasteiger partial charge on any atom is 0.221 e. The van der Waals surface area contributed by atoms with Gasteiger partial charge in [-0.2, -0.15) is 0 Å². The van der Waals surface area contributed by atoms with Gasteiger partial charge in [0, 0.05) is 48.6 Å². The van der Waals surface area contributed by atoms with E-state index in [9.17, 15) is 4.79 Å². The standard InChI is InChI=1S/C18H18N4O/c1-3-14-11-16(6-7-17(14)21-13(2)23)22-10-9-20-18(22)15-5-4-8-19-12-15/h4-12H,3H2,1-2H3,(H,21,23). The van der Waals surface area contributed by atoms with Gasteiger partial charge in [0.05, 0.1) is 0 Å². The summed E-state index contributed by atoms with van der Waals surface area (Å²) in [4.78, 5) is 19.9. The van der Waals surface area contributed by atoms with Crippen LogP contribution in [0.2, 0.25) is 0 Å². The zero-order chi connectivity index (χ0) is 16.2. The minimum absolute atomic E-state index is 0.0638. The highest BCUT2D eigenvalue weighted by Gasteiger charge is 2.10. The Kier molecular flexibility index (Phi) is 4.19. The molecule has 0 aliphatic rings. The van der Waals surface area contributed by atoms with E-state index in [1.165, 1.54) is 6.92 Å². The second-order valence-corrected chi connectivity index (χ2v) is 5.24. The van der Waals surface area contributed by atoms with Gasteiger partial charge in [-0.3, -0.25) is 14.3 Å². The van der Waals surface area contributed by atoms with Gasteiger partial charge in [-0.15, -0.1) is 0 Å². The highest BCUT2D eigenvalue weighted by molar-refractivity contribution is 5.89. The van der Waals surface area contributed by atoms with Gasteiger partial charge in [0.2, 0.25) is 5.91 Å². The third-order valence-corrected chi connectivity index (χ3v) is 3.62. The second-order valence-electron chi connectivity index (χ2n) is 5.24. The lowest BCUT2D eigenvalue weighted by Crippen LogP contribution is -2.08. The van der Waals surface area contributed by atoms with Crippen molar-refractivity contribution in [2.45, 2.75) is 20.3 Å². The molecule has 3 aromatic rings. The molecule has 0 aliphatic carbocycles. The van der Waals surface area contributed by atoms with E-state index in [4.69, 9.17) is 0 Å². The Hall–Kier alpha value is -2.95. The van der Waals surface area contributed by atoms with Gasteiger partial charge in [0.1, 0.15) is 5.82 Å². The number of carbonyl (C=O) groups excluding carboxylic acids is 1. The topological polar surface area (TPSA) is 59.8 Å². The molecule has 2 heterocycles. The van der Waals surface area contributed by atoms with Crippen molar-refractivity contribution in [2.75, 3.05) is 5.32 Å². The number of aryl methyl sites for hydroxylation is 1. The predicted octanol–water partition coefficient (Wildman–Crippen LogP) is 3.46. The number of carbonyl (C=O) groups is 1. The van der Waals surface area contributed by atoms with Crippen molar-refractivity contribution in [1.29, 1.82) is 0 Å². The maximum absolute atomic E-state index is 11.3. The molecule has 0 unspecified atom stereocenters.